The van der Waals surface area contributed by atoms with Gasteiger partial charge in [-0.05, 0) is 43.2 Å². The number of anilines is 1. The monoisotopic (exact) mass is 271 g/mol. The van der Waals surface area contributed by atoms with Crippen LogP contribution in [0.25, 0.3) is 0 Å². The van der Waals surface area contributed by atoms with Crippen LogP contribution in [0.2, 0.25) is 0 Å². The minimum atomic E-state index is 0.0213. The van der Waals surface area contributed by atoms with Crippen molar-refractivity contribution < 1.29 is 9.84 Å². The highest BCUT2D eigenvalue weighted by atomic mass is 16.5. The third-order valence-electron chi connectivity index (χ3n) is 3.42. The fraction of sp³-hybridized carbons (Fsp3) is 0.294. The van der Waals surface area contributed by atoms with Crippen molar-refractivity contribution in [3.63, 3.8) is 0 Å². The smallest absolute Gasteiger partial charge is 0.124 e. The van der Waals surface area contributed by atoms with Crippen LogP contribution in [0.4, 0.5) is 5.69 Å². The van der Waals surface area contributed by atoms with Crippen molar-refractivity contribution in [1.29, 1.82) is 0 Å². The van der Waals surface area contributed by atoms with Crippen LogP contribution >= 0.6 is 0 Å². The fourth-order valence-electron chi connectivity index (χ4n) is 2.23. The fourth-order valence-corrected chi connectivity index (χ4v) is 2.23. The summed E-state index contributed by atoms with van der Waals surface area (Å²) in [6.45, 7) is 4.16. The molecule has 0 aliphatic rings. The van der Waals surface area contributed by atoms with Gasteiger partial charge < -0.3 is 15.2 Å². The molecule has 0 radical (unpaired) electrons. The van der Waals surface area contributed by atoms with Crippen LogP contribution in [0.15, 0.2) is 42.5 Å². The number of phenolic OH excluding ortho intramolecular Hbond substituents is 1. The van der Waals surface area contributed by atoms with Gasteiger partial charge >= 0.3 is 0 Å². The maximum Gasteiger partial charge on any atom is 0.124 e. The Morgan fingerprint density at radius 2 is 2.00 bits per heavy atom. The molecule has 1 atom stereocenters. The Morgan fingerprint density at radius 3 is 2.65 bits per heavy atom. The Balaban J connectivity index is 2.16. The zero-order valence-electron chi connectivity index (χ0n) is 12.2. The summed E-state index contributed by atoms with van der Waals surface area (Å²) in [5.41, 5.74) is 3.21. The summed E-state index contributed by atoms with van der Waals surface area (Å²) < 4.78 is 5.10. The molecule has 2 rings (SSSR count). The van der Waals surface area contributed by atoms with E-state index < -0.39 is 0 Å². The lowest BCUT2D eigenvalue weighted by Crippen LogP contribution is -2.07. The van der Waals surface area contributed by atoms with Crippen LogP contribution in [0, 0.1) is 0 Å². The number of hydrogen-bond acceptors (Lipinski definition) is 3. The maximum atomic E-state index is 10.1. The molecule has 2 aromatic carbocycles. The molecular formula is C17H21NO2. The van der Waals surface area contributed by atoms with Crippen LogP contribution in [0.3, 0.4) is 0 Å². The van der Waals surface area contributed by atoms with Gasteiger partial charge in [-0.3, -0.25) is 0 Å². The largest absolute Gasteiger partial charge is 0.507 e. The van der Waals surface area contributed by atoms with Crippen LogP contribution in [-0.2, 0) is 6.42 Å². The van der Waals surface area contributed by atoms with Gasteiger partial charge in [0.05, 0.1) is 13.2 Å². The molecular weight excluding hydrogens is 250 g/mol. The summed E-state index contributed by atoms with van der Waals surface area (Å²) >= 11 is 0. The summed E-state index contributed by atoms with van der Waals surface area (Å²) in [5, 5.41) is 13.5. The van der Waals surface area contributed by atoms with Crippen molar-refractivity contribution in [3.8, 4) is 11.5 Å². The van der Waals surface area contributed by atoms with Crippen LogP contribution in [0.5, 0.6) is 11.5 Å². The molecule has 20 heavy (non-hydrogen) atoms. The minimum absolute atomic E-state index is 0.0213. The van der Waals surface area contributed by atoms with Gasteiger partial charge in [-0.1, -0.05) is 19.1 Å². The number of phenols is 1. The van der Waals surface area contributed by atoms with Gasteiger partial charge in [-0.15, -0.1) is 0 Å². The first-order valence-corrected chi connectivity index (χ1v) is 6.86. The summed E-state index contributed by atoms with van der Waals surface area (Å²) in [4.78, 5) is 0. The summed E-state index contributed by atoms with van der Waals surface area (Å²) in [5.74, 6) is 0.905. The van der Waals surface area contributed by atoms with E-state index in [-0.39, 0.29) is 11.8 Å². The van der Waals surface area contributed by atoms with E-state index in [9.17, 15) is 5.11 Å². The number of ether oxygens (including phenoxy) is 1. The Kier molecular flexibility index (Phi) is 4.51. The second-order valence-corrected chi connectivity index (χ2v) is 4.84. The highest BCUT2D eigenvalue weighted by Crippen LogP contribution is 2.30. The molecule has 0 aromatic heterocycles. The molecule has 106 valence electrons. The Bertz CT molecular complexity index is 581. The lowest BCUT2D eigenvalue weighted by Gasteiger charge is -2.18. The van der Waals surface area contributed by atoms with Gasteiger partial charge in [-0.2, -0.15) is 0 Å². The van der Waals surface area contributed by atoms with E-state index in [1.54, 1.807) is 13.2 Å². The lowest BCUT2D eigenvalue weighted by atomic mass is 10.1. The molecule has 0 aliphatic carbocycles. The summed E-state index contributed by atoms with van der Waals surface area (Å²) in [7, 11) is 1.59. The zero-order valence-corrected chi connectivity index (χ0v) is 12.2. The van der Waals surface area contributed by atoms with Gasteiger partial charge in [0, 0.05) is 17.3 Å². The number of aromatic hydroxyl groups is 1. The third-order valence-corrected chi connectivity index (χ3v) is 3.42. The number of rotatable bonds is 5. The van der Waals surface area contributed by atoms with Crippen LogP contribution in [0.1, 0.15) is 31.0 Å². The van der Waals surface area contributed by atoms with E-state index >= 15 is 0 Å². The van der Waals surface area contributed by atoms with Gasteiger partial charge in [0.15, 0.2) is 0 Å². The molecule has 0 fully saturated rings. The predicted octanol–water partition coefficient (Wildman–Crippen LogP) is 4.14. The van der Waals surface area contributed by atoms with Crippen molar-refractivity contribution in [1.82, 2.24) is 0 Å². The molecule has 0 spiro atoms. The van der Waals surface area contributed by atoms with E-state index in [0.717, 1.165) is 17.7 Å². The minimum Gasteiger partial charge on any atom is -0.507 e. The van der Waals surface area contributed by atoms with Crippen LogP contribution < -0.4 is 10.1 Å². The van der Waals surface area contributed by atoms with E-state index in [1.807, 2.05) is 31.2 Å². The molecule has 3 heteroatoms. The van der Waals surface area contributed by atoms with E-state index in [2.05, 4.69) is 24.4 Å². The number of benzene rings is 2. The van der Waals surface area contributed by atoms with Crippen LogP contribution in [-0.4, -0.2) is 12.2 Å². The second kappa shape index (κ2) is 6.33. The van der Waals surface area contributed by atoms with E-state index in [0.29, 0.717) is 5.75 Å². The van der Waals surface area contributed by atoms with Gasteiger partial charge in [0.2, 0.25) is 0 Å². The molecule has 0 saturated carbocycles. The first-order valence-electron chi connectivity index (χ1n) is 6.86. The standard InChI is InChI=1S/C17H21NO2/c1-4-13-6-5-7-14(10-13)18-12(2)16-9-8-15(20-3)11-17(16)19/h5-12,18-19H,4H2,1-3H3. The predicted molar refractivity (Wildman–Crippen MR) is 82.5 cm³/mol. The average Bonchev–Trinajstić information content (AvgIpc) is 2.47. The van der Waals surface area contributed by atoms with E-state index in [1.165, 1.54) is 5.56 Å². The first kappa shape index (κ1) is 14.3. The lowest BCUT2D eigenvalue weighted by molar-refractivity contribution is 0.406. The Hall–Kier alpha value is -2.16. The van der Waals surface area contributed by atoms with Crippen molar-refractivity contribution in [3.05, 3.63) is 53.6 Å². The quantitative estimate of drug-likeness (QED) is 0.859. The number of aryl methyl sites for hydroxylation is 1. The molecule has 0 heterocycles. The molecule has 0 aliphatic heterocycles. The SMILES string of the molecule is CCc1cccc(NC(C)c2ccc(OC)cc2O)c1. The first-order chi connectivity index (χ1) is 9.63. The highest BCUT2D eigenvalue weighted by molar-refractivity contribution is 5.50. The highest BCUT2D eigenvalue weighted by Gasteiger charge is 2.11. The van der Waals surface area contributed by atoms with Crippen molar-refractivity contribution in [2.24, 2.45) is 0 Å². The third kappa shape index (κ3) is 3.23. The summed E-state index contributed by atoms with van der Waals surface area (Å²) in [6, 6.07) is 13.7. The topological polar surface area (TPSA) is 41.5 Å². The average molecular weight is 271 g/mol. The second-order valence-electron chi connectivity index (χ2n) is 4.84. The van der Waals surface area contributed by atoms with Crippen molar-refractivity contribution in [2.75, 3.05) is 12.4 Å². The van der Waals surface area contributed by atoms with Crippen molar-refractivity contribution in [2.45, 2.75) is 26.3 Å². The molecule has 1 unspecified atom stereocenters. The number of nitrogens with one attached hydrogen (secondary N) is 1. The van der Waals surface area contributed by atoms with Gasteiger partial charge in [0.25, 0.3) is 0 Å². The molecule has 3 nitrogen and oxygen atoms in total. The molecule has 0 saturated heterocycles. The normalized spacial score (nSPS) is 11.9. The maximum absolute atomic E-state index is 10.1. The number of methoxy groups -OCH3 is 1. The Morgan fingerprint density at radius 1 is 1.20 bits per heavy atom. The summed E-state index contributed by atoms with van der Waals surface area (Å²) in [6.07, 6.45) is 1.01. The molecule has 0 bridgehead atoms. The van der Waals surface area contributed by atoms with Crippen molar-refractivity contribution >= 4 is 5.69 Å². The van der Waals surface area contributed by atoms with Gasteiger partial charge in [-0.25, -0.2) is 0 Å². The molecule has 0 amide bonds. The molecule has 2 N–H and O–H groups in total. The van der Waals surface area contributed by atoms with Gasteiger partial charge in [0.1, 0.15) is 11.5 Å². The molecule has 2 aromatic rings. The number of hydrogen-bond donors (Lipinski definition) is 2. The van der Waals surface area contributed by atoms with E-state index in [4.69, 9.17) is 4.74 Å². The Labute approximate surface area is 120 Å². The zero-order chi connectivity index (χ0) is 14.5.